The molecule has 3 heteroatoms. The number of para-hydroxylation sites is 1. The minimum atomic E-state index is 0.0242. The normalized spacial score (nSPS) is 21.6. The molecule has 0 saturated heterocycles. The highest BCUT2D eigenvalue weighted by Gasteiger charge is 2.35. The van der Waals surface area contributed by atoms with Crippen LogP contribution in [-0.2, 0) is 6.42 Å². The van der Waals surface area contributed by atoms with Gasteiger partial charge in [0.05, 0.1) is 12.7 Å². The third-order valence-electron chi connectivity index (χ3n) is 6.01. The second-order valence-corrected chi connectivity index (χ2v) is 7.87. The SMILES string of the molecule is COc1cc(C)ccc1C(=O)N1CCC2(C=CCCC2)Cc2ccccc21. The number of carbonyl (C=O) groups is 1. The van der Waals surface area contributed by atoms with Crippen LogP contribution in [0.25, 0.3) is 0 Å². The van der Waals surface area contributed by atoms with E-state index in [0.29, 0.717) is 11.3 Å². The van der Waals surface area contributed by atoms with Crippen molar-refractivity contribution in [1.82, 2.24) is 0 Å². The zero-order chi connectivity index (χ0) is 18.9. The third kappa shape index (κ3) is 3.39. The number of hydrogen-bond acceptors (Lipinski definition) is 2. The molecule has 3 nitrogen and oxygen atoms in total. The summed E-state index contributed by atoms with van der Waals surface area (Å²) in [5, 5.41) is 0. The molecule has 1 unspecified atom stereocenters. The van der Waals surface area contributed by atoms with Crippen molar-refractivity contribution in [3.63, 3.8) is 0 Å². The van der Waals surface area contributed by atoms with Crippen LogP contribution in [0.2, 0.25) is 0 Å². The number of ether oxygens (including phenoxy) is 1. The van der Waals surface area contributed by atoms with Gasteiger partial charge in [0.1, 0.15) is 5.75 Å². The molecule has 1 heterocycles. The summed E-state index contributed by atoms with van der Waals surface area (Å²) in [6.07, 6.45) is 10.4. The molecule has 2 aromatic carbocycles. The van der Waals surface area contributed by atoms with E-state index < -0.39 is 0 Å². The fraction of sp³-hybridized carbons (Fsp3) is 0.375. The zero-order valence-electron chi connectivity index (χ0n) is 16.2. The molecule has 2 aromatic rings. The summed E-state index contributed by atoms with van der Waals surface area (Å²) in [6, 6.07) is 14.2. The van der Waals surface area contributed by atoms with Crippen LogP contribution >= 0.6 is 0 Å². The van der Waals surface area contributed by atoms with Crippen LogP contribution < -0.4 is 9.64 Å². The number of carbonyl (C=O) groups excluding carboxylic acids is 1. The van der Waals surface area contributed by atoms with Crippen LogP contribution in [0.1, 0.15) is 47.2 Å². The maximum atomic E-state index is 13.5. The molecule has 0 fully saturated rings. The minimum Gasteiger partial charge on any atom is -0.496 e. The van der Waals surface area contributed by atoms with Crippen LogP contribution in [0.3, 0.4) is 0 Å². The summed E-state index contributed by atoms with van der Waals surface area (Å²) in [4.78, 5) is 15.5. The quantitative estimate of drug-likeness (QED) is 0.677. The number of methoxy groups -OCH3 is 1. The van der Waals surface area contributed by atoms with Gasteiger partial charge in [0.15, 0.2) is 0 Å². The number of anilines is 1. The lowest BCUT2D eigenvalue weighted by atomic mass is 9.72. The number of benzene rings is 2. The molecule has 1 aliphatic heterocycles. The van der Waals surface area contributed by atoms with Crippen molar-refractivity contribution in [2.24, 2.45) is 5.41 Å². The van der Waals surface area contributed by atoms with Crippen LogP contribution in [0, 0.1) is 12.3 Å². The number of nitrogens with zero attached hydrogens (tertiary/aromatic N) is 1. The first kappa shape index (κ1) is 17.8. The minimum absolute atomic E-state index is 0.0242. The summed E-state index contributed by atoms with van der Waals surface area (Å²) in [5.41, 5.74) is 4.21. The molecule has 1 spiro atoms. The Hall–Kier alpha value is -2.55. The number of amides is 1. The van der Waals surface area contributed by atoms with Crippen molar-refractivity contribution in [2.45, 2.75) is 39.0 Å². The molecule has 4 rings (SSSR count). The van der Waals surface area contributed by atoms with Gasteiger partial charge in [0.2, 0.25) is 0 Å². The molecular formula is C24H27NO2. The zero-order valence-corrected chi connectivity index (χ0v) is 16.2. The van der Waals surface area contributed by atoms with E-state index in [4.69, 9.17) is 4.74 Å². The Morgan fingerprint density at radius 1 is 1.15 bits per heavy atom. The van der Waals surface area contributed by atoms with E-state index in [1.807, 2.05) is 36.1 Å². The Balaban J connectivity index is 1.74. The Kier molecular flexibility index (Phi) is 4.77. The molecule has 0 N–H and O–H groups in total. The predicted octanol–water partition coefficient (Wildman–Crippen LogP) is 5.32. The van der Waals surface area contributed by atoms with E-state index in [-0.39, 0.29) is 11.3 Å². The van der Waals surface area contributed by atoms with Gasteiger partial charge in [-0.05, 0) is 73.8 Å². The molecular weight excluding hydrogens is 334 g/mol. The van der Waals surface area contributed by atoms with E-state index in [0.717, 1.165) is 30.6 Å². The lowest BCUT2D eigenvalue weighted by Gasteiger charge is -2.32. The molecule has 140 valence electrons. The van der Waals surface area contributed by atoms with Crippen molar-refractivity contribution < 1.29 is 9.53 Å². The van der Waals surface area contributed by atoms with Crippen molar-refractivity contribution in [1.29, 1.82) is 0 Å². The number of hydrogen-bond donors (Lipinski definition) is 0. The highest BCUT2D eigenvalue weighted by atomic mass is 16.5. The second kappa shape index (κ2) is 7.22. The lowest BCUT2D eigenvalue weighted by molar-refractivity contribution is 0.0982. The molecule has 2 aliphatic rings. The first-order valence-electron chi connectivity index (χ1n) is 9.84. The van der Waals surface area contributed by atoms with Crippen molar-refractivity contribution in [3.8, 4) is 5.75 Å². The molecule has 1 amide bonds. The summed E-state index contributed by atoms with van der Waals surface area (Å²) in [7, 11) is 1.63. The molecule has 1 atom stereocenters. The van der Waals surface area contributed by atoms with Gasteiger partial charge in [-0.15, -0.1) is 0 Å². The van der Waals surface area contributed by atoms with Gasteiger partial charge in [-0.2, -0.15) is 0 Å². The fourth-order valence-corrected chi connectivity index (χ4v) is 4.52. The van der Waals surface area contributed by atoms with Gasteiger partial charge in [-0.25, -0.2) is 0 Å². The molecule has 0 aromatic heterocycles. The van der Waals surface area contributed by atoms with E-state index in [1.165, 1.54) is 24.8 Å². The van der Waals surface area contributed by atoms with E-state index in [2.05, 4.69) is 30.4 Å². The predicted molar refractivity (Wildman–Crippen MR) is 110 cm³/mol. The largest absolute Gasteiger partial charge is 0.496 e. The summed E-state index contributed by atoms with van der Waals surface area (Å²) in [5.74, 6) is 0.671. The first-order valence-corrected chi connectivity index (χ1v) is 9.84. The maximum Gasteiger partial charge on any atom is 0.262 e. The van der Waals surface area contributed by atoms with Gasteiger partial charge in [0.25, 0.3) is 5.91 Å². The van der Waals surface area contributed by atoms with Crippen molar-refractivity contribution >= 4 is 11.6 Å². The van der Waals surface area contributed by atoms with Crippen LogP contribution in [-0.4, -0.2) is 19.6 Å². The van der Waals surface area contributed by atoms with Crippen molar-refractivity contribution in [3.05, 3.63) is 71.3 Å². The Labute approximate surface area is 161 Å². The molecule has 1 aliphatic carbocycles. The third-order valence-corrected chi connectivity index (χ3v) is 6.01. The average molecular weight is 361 g/mol. The number of fused-ring (bicyclic) bond motifs is 1. The molecule has 0 saturated carbocycles. The van der Waals surface area contributed by atoms with Gasteiger partial charge >= 0.3 is 0 Å². The van der Waals surface area contributed by atoms with Crippen molar-refractivity contribution in [2.75, 3.05) is 18.6 Å². The highest BCUT2D eigenvalue weighted by Crippen LogP contribution is 2.43. The smallest absolute Gasteiger partial charge is 0.262 e. The lowest BCUT2D eigenvalue weighted by Crippen LogP contribution is -2.33. The van der Waals surface area contributed by atoms with Gasteiger partial charge in [-0.3, -0.25) is 4.79 Å². The molecule has 0 bridgehead atoms. The number of allylic oxidation sites excluding steroid dienone is 2. The summed E-state index contributed by atoms with van der Waals surface area (Å²) < 4.78 is 5.51. The maximum absolute atomic E-state index is 13.5. The standard InChI is InChI=1S/C24H27NO2/c1-18-10-11-20(22(16-18)27-2)23(26)25-15-14-24(12-6-3-7-13-24)17-19-8-4-5-9-21(19)25/h4-6,8-12,16H,3,7,13-15,17H2,1-2H3. The van der Waals surface area contributed by atoms with E-state index >= 15 is 0 Å². The van der Waals surface area contributed by atoms with Gasteiger partial charge in [-0.1, -0.05) is 36.4 Å². The van der Waals surface area contributed by atoms with E-state index in [9.17, 15) is 4.79 Å². The van der Waals surface area contributed by atoms with Crippen LogP contribution in [0.15, 0.2) is 54.6 Å². The number of rotatable bonds is 2. The van der Waals surface area contributed by atoms with Gasteiger partial charge < -0.3 is 9.64 Å². The van der Waals surface area contributed by atoms with Crippen LogP contribution in [0.4, 0.5) is 5.69 Å². The molecule has 27 heavy (non-hydrogen) atoms. The van der Waals surface area contributed by atoms with E-state index in [1.54, 1.807) is 7.11 Å². The Morgan fingerprint density at radius 2 is 2.00 bits per heavy atom. The Bertz CT molecular complexity index is 886. The molecule has 0 radical (unpaired) electrons. The highest BCUT2D eigenvalue weighted by molar-refractivity contribution is 6.08. The average Bonchev–Trinajstić information content (AvgIpc) is 2.84. The Morgan fingerprint density at radius 3 is 2.78 bits per heavy atom. The second-order valence-electron chi connectivity index (χ2n) is 7.87. The monoisotopic (exact) mass is 361 g/mol. The summed E-state index contributed by atoms with van der Waals surface area (Å²) >= 11 is 0. The topological polar surface area (TPSA) is 29.5 Å². The van der Waals surface area contributed by atoms with Gasteiger partial charge in [0, 0.05) is 12.2 Å². The van der Waals surface area contributed by atoms with Crippen LogP contribution in [0.5, 0.6) is 5.75 Å². The fourth-order valence-electron chi connectivity index (χ4n) is 4.52. The summed E-state index contributed by atoms with van der Waals surface area (Å²) in [6.45, 7) is 2.74. The first-order chi connectivity index (χ1) is 13.1. The number of aryl methyl sites for hydroxylation is 1.